The van der Waals surface area contributed by atoms with Gasteiger partial charge in [-0.2, -0.15) is 0 Å². The highest BCUT2D eigenvalue weighted by Crippen LogP contribution is 2.28. The number of fused-ring (bicyclic) bond motifs is 1. The zero-order valence-corrected chi connectivity index (χ0v) is 10.6. The normalized spacial score (nSPS) is 11.0. The monoisotopic (exact) mass is 261 g/mol. The van der Waals surface area contributed by atoms with Gasteiger partial charge in [0.25, 0.3) is 0 Å². The third-order valence-corrected chi connectivity index (χ3v) is 3.21. The van der Waals surface area contributed by atoms with Gasteiger partial charge in [-0.05, 0) is 42.5 Å². The van der Waals surface area contributed by atoms with Crippen molar-refractivity contribution in [3.63, 3.8) is 0 Å². The number of furan rings is 1. The fourth-order valence-corrected chi connectivity index (χ4v) is 2.22. The molecular weight excluding hydrogens is 250 g/mol. The topological polar surface area (TPSA) is 39.2 Å². The number of nitrogens with zero attached hydrogens (tertiary/aromatic N) is 1. The van der Waals surface area contributed by atoms with Crippen LogP contribution in [0.4, 0.5) is 0 Å². The lowest BCUT2D eigenvalue weighted by Gasteiger charge is -1.95. The summed E-state index contributed by atoms with van der Waals surface area (Å²) >= 11 is 0. The summed E-state index contributed by atoms with van der Waals surface area (Å²) in [6.45, 7) is 0. The molecule has 2 aromatic heterocycles. The van der Waals surface area contributed by atoms with Crippen LogP contribution < -0.4 is 0 Å². The molecule has 0 aliphatic heterocycles. The fraction of sp³-hybridized carbons (Fsp3) is 0. The smallest absolute Gasteiger partial charge is 0.227 e. The molecule has 0 aliphatic carbocycles. The van der Waals surface area contributed by atoms with Crippen molar-refractivity contribution >= 4 is 11.1 Å². The maximum atomic E-state index is 5.84. The van der Waals surface area contributed by atoms with Crippen molar-refractivity contribution in [1.29, 1.82) is 0 Å². The summed E-state index contributed by atoms with van der Waals surface area (Å²) in [7, 11) is 0. The van der Waals surface area contributed by atoms with Gasteiger partial charge >= 0.3 is 0 Å². The molecule has 2 heterocycles. The van der Waals surface area contributed by atoms with E-state index in [0.29, 0.717) is 5.89 Å². The van der Waals surface area contributed by atoms with Crippen LogP contribution in [0.3, 0.4) is 0 Å². The highest BCUT2D eigenvalue weighted by atomic mass is 16.3. The number of rotatable bonds is 2. The van der Waals surface area contributed by atoms with Gasteiger partial charge in [-0.1, -0.05) is 18.2 Å². The molecule has 3 nitrogen and oxygen atoms in total. The van der Waals surface area contributed by atoms with Crippen molar-refractivity contribution in [1.82, 2.24) is 4.98 Å². The van der Waals surface area contributed by atoms with E-state index in [1.807, 2.05) is 60.7 Å². The second-order valence-electron chi connectivity index (χ2n) is 4.54. The largest absolute Gasteiger partial charge is 0.464 e. The summed E-state index contributed by atoms with van der Waals surface area (Å²) in [4.78, 5) is 4.51. The lowest BCUT2D eigenvalue weighted by atomic mass is 10.1. The van der Waals surface area contributed by atoms with Crippen LogP contribution in [0.5, 0.6) is 0 Å². The number of hydrogen-bond donors (Lipinski definition) is 0. The number of aromatic nitrogens is 1. The van der Waals surface area contributed by atoms with E-state index in [1.165, 1.54) is 0 Å². The Hall–Kier alpha value is -2.81. The zero-order valence-electron chi connectivity index (χ0n) is 10.6. The van der Waals surface area contributed by atoms with Crippen LogP contribution >= 0.6 is 0 Å². The molecule has 0 saturated heterocycles. The molecule has 4 aromatic rings. The van der Waals surface area contributed by atoms with Crippen LogP contribution in [0.1, 0.15) is 0 Å². The first-order chi connectivity index (χ1) is 9.90. The van der Waals surface area contributed by atoms with Crippen molar-refractivity contribution in [3.05, 3.63) is 66.9 Å². The molecule has 0 amide bonds. The lowest BCUT2D eigenvalue weighted by molar-refractivity contribution is 0.581. The van der Waals surface area contributed by atoms with E-state index in [0.717, 1.165) is 28.0 Å². The standard InChI is InChI=1S/C17H11NO2/c1-2-5-12(6-3-1)17-18-14-9-8-13(11-16(14)20-17)15-7-4-10-19-15/h1-11H. The molecule has 0 bridgehead atoms. The predicted octanol–water partition coefficient (Wildman–Crippen LogP) is 4.75. The molecule has 3 heteroatoms. The number of benzene rings is 2. The van der Waals surface area contributed by atoms with Crippen LogP contribution in [0.15, 0.2) is 75.8 Å². The lowest BCUT2D eigenvalue weighted by Crippen LogP contribution is -1.75. The van der Waals surface area contributed by atoms with Crippen LogP contribution in [0, 0.1) is 0 Å². The quantitative estimate of drug-likeness (QED) is 0.522. The molecule has 0 N–H and O–H groups in total. The van der Waals surface area contributed by atoms with Crippen molar-refractivity contribution < 1.29 is 8.83 Å². The van der Waals surface area contributed by atoms with E-state index in [2.05, 4.69) is 4.98 Å². The molecule has 4 rings (SSSR count). The Bertz CT molecular complexity index is 845. The number of hydrogen-bond acceptors (Lipinski definition) is 3. The Morgan fingerprint density at radius 2 is 1.70 bits per heavy atom. The van der Waals surface area contributed by atoms with Gasteiger partial charge in [-0.25, -0.2) is 4.98 Å². The summed E-state index contributed by atoms with van der Waals surface area (Å²) in [5, 5.41) is 0. The summed E-state index contributed by atoms with van der Waals surface area (Å²) in [5.74, 6) is 1.46. The third-order valence-electron chi connectivity index (χ3n) is 3.21. The number of oxazole rings is 1. The average molecular weight is 261 g/mol. The Balaban J connectivity index is 1.84. The van der Waals surface area contributed by atoms with Crippen molar-refractivity contribution in [3.8, 4) is 22.8 Å². The van der Waals surface area contributed by atoms with Gasteiger partial charge < -0.3 is 8.83 Å². The van der Waals surface area contributed by atoms with Gasteiger partial charge in [0.1, 0.15) is 11.3 Å². The first-order valence-corrected chi connectivity index (χ1v) is 6.40. The van der Waals surface area contributed by atoms with E-state index < -0.39 is 0 Å². The summed E-state index contributed by atoms with van der Waals surface area (Å²) in [6.07, 6.45) is 1.66. The van der Waals surface area contributed by atoms with Gasteiger partial charge in [-0.15, -0.1) is 0 Å². The van der Waals surface area contributed by atoms with E-state index in [1.54, 1.807) is 6.26 Å². The molecule has 0 radical (unpaired) electrons. The van der Waals surface area contributed by atoms with Crippen LogP contribution in [0.25, 0.3) is 33.9 Å². The van der Waals surface area contributed by atoms with Gasteiger partial charge in [0.2, 0.25) is 5.89 Å². The van der Waals surface area contributed by atoms with E-state index in [9.17, 15) is 0 Å². The maximum Gasteiger partial charge on any atom is 0.227 e. The molecule has 0 unspecified atom stereocenters. The van der Waals surface area contributed by atoms with Crippen LogP contribution in [-0.4, -0.2) is 4.98 Å². The molecule has 0 fully saturated rings. The Labute approximate surface area is 115 Å². The van der Waals surface area contributed by atoms with Gasteiger partial charge in [-0.3, -0.25) is 0 Å². The Morgan fingerprint density at radius 1 is 0.800 bits per heavy atom. The zero-order chi connectivity index (χ0) is 13.4. The van der Waals surface area contributed by atoms with E-state index >= 15 is 0 Å². The highest BCUT2D eigenvalue weighted by Gasteiger charge is 2.09. The van der Waals surface area contributed by atoms with E-state index in [-0.39, 0.29) is 0 Å². The van der Waals surface area contributed by atoms with Crippen molar-refractivity contribution in [2.24, 2.45) is 0 Å². The molecular formula is C17H11NO2. The van der Waals surface area contributed by atoms with Crippen LogP contribution in [-0.2, 0) is 0 Å². The molecule has 96 valence electrons. The average Bonchev–Trinajstić information content (AvgIpc) is 3.16. The van der Waals surface area contributed by atoms with Gasteiger partial charge in [0.05, 0.1) is 6.26 Å². The van der Waals surface area contributed by atoms with Gasteiger partial charge in [0.15, 0.2) is 5.58 Å². The summed E-state index contributed by atoms with van der Waals surface area (Å²) in [6, 6.07) is 19.6. The molecule has 0 spiro atoms. The minimum absolute atomic E-state index is 0.636. The Morgan fingerprint density at radius 3 is 2.50 bits per heavy atom. The maximum absolute atomic E-state index is 5.84. The van der Waals surface area contributed by atoms with Crippen molar-refractivity contribution in [2.45, 2.75) is 0 Å². The fourth-order valence-electron chi connectivity index (χ4n) is 2.22. The Kier molecular flexibility index (Phi) is 2.42. The molecule has 0 atom stereocenters. The highest BCUT2D eigenvalue weighted by molar-refractivity contribution is 5.81. The predicted molar refractivity (Wildman–Crippen MR) is 77.1 cm³/mol. The molecule has 0 aliphatic rings. The first kappa shape index (κ1) is 11.1. The SMILES string of the molecule is c1ccc(-c2nc3ccc(-c4ccco4)cc3o2)cc1. The molecule has 0 saturated carbocycles. The molecule has 2 aromatic carbocycles. The second-order valence-corrected chi connectivity index (χ2v) is 4.54. The van der Waals surface area contributed by atoms with Crippen LogP contribution in [0.2, 0.25) is 0 Å². The first-order valence-electron chi connectivity index (χ1n) is 6.40. The third kappa shape index (κ3) is 1.80. The minimum atomic E-state index is 0.636. The van der Waals surface area contributed by atoms with E-state index in [4.69, 9.17) is 8.83 Å². The summed E-state index contributed by atoms with van der Waals surface area (Å²) in [5.41, 5.74) is 3.57. The van der Waals surface area contributed by atoms with Crippen molar-refractivity contribution in [2.75, 3.05) is 0 Å². The minimum Gasteiger partial charge on any atom is -0.464 e. The van der Waals surface area contributed by atoms with Gasteiger partial charge in [0, 0.05) is 11.1 Å². The second kappa shape index (κ2) is 4.38. The molecule has 20 heavy (non-hydrogen) atoms. The summed E-state index contributed by atoms with van der Waals surface area (Å²) < 4.78 is 11.2.